The average molecular weight is 311 g/mol. The molecule has 1 aromatic heterocycles. The molecule has 0 spiro atoms. The van der Waals surface area contributed by atoms with E-state index in [9.17, 15) is 4.79 Å². The predicted octanol–water partition coefficient (Wildman–Crippen LogP) is 2.26. The van der Waals surface area contributed by atoms with Gasteiger partial charge in [-0.15, -0.1) is 0 Å². The van der Waals surface area contributed by atoms with E-state index in [0.717, 1.165) is 30.2 Å². The normalized spacial score (nSPS) is 18.6. The molecule has 1 saturated heterocycles. The minimum Gasteiger partial charge on any atom is -0.373 e. The molecule has 20 heavy (non-hydrogen) atoms. The lowest BCUT2D eigenvalue weighted by atomic mass is 10.2. The van der Waals surface area contributed by atoms with Gasteiger partial charge in [0.2, 0.25) is 0 Å². The Labute approximate surface area is 128 Å². The van der Waals surface area contributed by atoms with Crippen molar-refractivity contribution >= 4 is 35.2 Å². The monoisotopic (exact) mass is 311 g/mol. The molecule has 1 unspecified atom stereocenters. The van der Waals surface area contributed by atoms with E-state index < -0.39 is 0 Å². The SMILES string of the molecule is CCc1cc(C(=O)NCC2CSCCS2)cc(NC)n1. The number of amides is 1. The molecular weight excluding hydrogens is 290 g/mol. The molecule has 1 atom stereocenters. The van der Waals surface area contributed by atoms with Gasteiger partial charge in [-0.25, -0.2) is 4.98 Å². The van der Waals surface area contributed by atoms with Gasteiger partial charge in [0.25, 0.3) is 5.91 Å². The van der Waals surface area contributed by atoms with Crippen LogP contribution in [0.2, 0.25) is 0 Å². The Morgan fingerprint density at radius 2 is 2.30 bits per heavy atom. The number of carbonyl (C=O) groups is 1. The van der Waals surface area contributed by atoms with Crippen molar-refractivity contribution in [3.05, 3.63) is 23.4 Å². The number of thioether (sulfide) groups is 2. The highest BCUT2D eigenvalue weighted by Crippen LogP contribution is 2.23. The zero-order chi connectivity index (χ0) is 14.4. The molecule has 1 fully saturated rings. The number of carbonyl (C=O) groups excluding carboxylic acids is 1. The number of anilines is 1. The van der Waals surface area contributed by atoms with Gasteiger partial charge in [-0.05, 0) is 18.6 Å². The molecule has 2 rings (SSSR count). The van der Waals surface area contributed by atoms with Crippen molar-refractivity contribution in [3.63, 3.8) is 0 Å². The lowest BCUT2D eigenvalue weighted by Crippen LogP contribution is -2.33. The first kappa shape index (κ1) is 15.5. The summed E-state index contributed by atoms with van der Waals surface area (Å²) in [5.41, 5.74) is 1.62. The van der Waals surface area contributed by atoms with Gasteiger partial charge in [0.15, 0.2) is 0 Å². The second-order valence-corrected chi connectivity index (χ2v) is 7.17. The van der Waals surface area contributed by atoms with Crippen LogP contribution in [0.1, 0.15) is 23.0 Å². The van der Waals surface area contributed by atoms with Crippen LogP contribution >= 0.6 is 23.5 Å². The van der Waals surface area contributed by atoms with Crippen molar-refractivity contribution in [2.75, 3.05) is 36.2 Å². The molecule has 0 radical (unpaired) electrons. The number of nitrogens with zero attached hydrogens (tertiary/aromatic N) is 1. The van der Waals surface area contributed by atoms with Crippen molar-refractivity contribution < 1.29 is 4.79 Å². The van der Waals surface area contributed by atoms with Crippen molar-refractivity contribution in [1.82, 2.24) is 10.3 Å². The predicted molar refractivity (Wildman–Crippen MR) is 89.1 cm³/mol. The number of aryl methyl sites for hydroxylation is 1. The molecule has 1 aliphatic heterocycles. The van der Waals surface area contributed by atoms with Gasteiger partial charge >= 0.3 is 0 Å². The maximum Gasteiger partial charge on any atom is 0.251 e. The van der Waals surface area contributed by atoms with Crippen LogP contribution in [0.5, 0.6) is 0 Å². The summed E-state index contributed by atoms with van der Waals surface area (Å²) in [6, 6.07) is 3.68. The van der Waals surface area contributed by atoms with E-state index in [2.05, 4.69) is 15.6 Å². The number of rotatable bonds is 5. The molecule has 6 heteroatoms. The van der Waals surface area contributed by atoms with Crippen molar-refractivity contribution in [2.45, 2.75) is 18.6 Å². The molecule has 0 aliphatic carbocycles. The molecule has 0 bridgehead atoms. The number of hydrogen-bond acceptors (Lipinski definition) is 5. The molecule has 1 amide bonds. The van der Waals surface area contributed by atoms with Crippen LogP contribution in [0.25, 0.3) is 0 Å². The summed E-state index contributed by atoms with van der Waals surface area (Å²) in [7, 11) is 1.82. The Morgan fingerprint density at radius 3 is 2.95 bits per heavy atom. The lowest BCUT2D eigenvalue weighted by molar-refractivity contribution is 0.0954. The third-order valence-corrected chi connectivity index (χ3v) is 5.98. The first-order valence-electron chi connectivity index (χ1n) is 6.89. The zero-order valence-corrected chi connectivity index (χ0v) is 13.6. The van der Waals surface area contributed by atoms with E-state index in [-0.39, 0.29) is 5.91 Å². The fourth-order valence-electron chi connectivity index (χ4n) is 1.99. The molecule has 4 nitrogen and oxygen atoms in total. The fourth-order valence-corrected chi connectivity index (χ4v) is 4.60. The summed E-state index contributed by atoms with van der Waals surface area (Å²) in [5.74, 6) is 4.28. The smallest absolute Gasteiger partial charge is 0.251 e. The molecule has 2 N–H and O–H groups in total. The van der Waals surface area contributed by atoms with Crippen LogP contribution < -0.4 is 10.6 Å². The highest BCUT2D eigenvalue weighted by Gasteiger charge is 2.16. The Hall–Kier alpha value is -0.880. The molecule has 1 aromatic rings. The number of hydrogen-bond donors (Lipinski definition) is 2. The van der Waals surface area contributed by atoms with E-state index in [1.54, 1.807) is 6.07 Å². The van der Waals surface area contributed by atoms with Crippen LogP contribution in [0.15, 0.2) is 12.1 Å². The van der Waals surface area contributed by atoms with Crippen molar-refractivity contribution in [1.29, 1.82) is 0 Å². The highest BCUT2D eigenvalue weighted by atomic mass is 32.2. The van der Waals surface area contributed by atoms with E-state index >= 15 is 0 Å². The standard InChI is InChI=1S/C14H21N3OS2/c1-3-11-6-10(7-13(15-2)17-11)14(18)16-8-12-9-19-4-5-20-12/h6-7,12H,3-5,8-9H2,1-2H3,(H,15,17)(H,16,18). The molecule has 1 aliphatic rings. The van der Waals surface area contributed by atoms with Gasteiger partial charge in [0.05, 0.1) is 0 Å². The first-order valence-corrected chi connectivity index (χ1v) is 9.09. The summed E-state index contributed by atoms with van der Waals surface area (Å²) in [5, 5.41) is 6.58. The molecule has 2 heterocycles. The molecule has 0 aromatic carbocycles. The summed E-state index contributed by atoms with van der Waals surface area (Å²) < 4.78 is 0. The minimum absolute atomic E-state index is 0.00484. The van der Waals surface area contributed by atoms with Gasteiger partial charge < -0.3 is 10.6 Å². The lowest BCUT2D eigenvalue weighted by Gasteiger charge is -2.21. The van der Waals surface area contributed by atoms with Gasteiger partial charge in [-0.1, -0.05) is 6.92 Å². The van der Waals surface area contributed by atoms with Gasteiger partial charge in [0.1, 0.15) is 5.82 Å². The maximum atomic E-state index is 12.2. The summed E-state index contributed by atoms with van der Waals surface area (Å²) >= 11 is 3.93. The van der Waals surface area contributed by atoms with E-state index in [1.807, 2.05) is 43.6 Å². The Bertz CT molecular complexity index is 439. The first-order chi connectivity index (χ1) is 9.72. The molecule has 0 saturated carbocycles. The summed E-state index contributed by atoms with van der Waals surface area (Å²) in [6.07, 6.45) is 0.824. The van der Waals surface area contributed by atoms with Gasteiger partial charge in [-0.3, -0.25) is 4.79 Å². The van der Waals surface area contributed by atoms with Crippen molar-refractivity contribution in [2.24, 2.45) is 0 Å². The maximum absolute atomic E-state index is 12.2. The second kappa shape index (κ2) is 7.78. The average Bonchev–Trinajstić information content (AvgIpc) is 2.52. The van der Waals surface area contributed by atoms with Crippen LogP contribution in [0.3, 0.4) is 0 Å². The topological polar surface area (TPSA) is 54.0 Å². The number of aromatic nitrogens is 1. The van der Waals surface area contributed by atoms with Crippen LogP contribution in [-0.4, -0.2) is 47.0 Å². The third kappa shape index (κ3) is 4.31. The zero-order valence-electron chi connectivity index (χ0n) is 11.9. The third-order valence-electron chi connectivity index (χ3n) is 3.13. The second-order valence-electron chi connectivity index (χ2n) is 4.61. The Kier molecular flexibility index (Phi) is 6.04. The summed E-state index contributed by atoms with van der Waals surface area (Å²) in [4.78, 5) is 16.6. The Balaban J connectivity index is 1.97. The van der Waals surface area contributed by atoms with E-state index in [4.69, 9.17) is 0 Å². The van der Waals surface area contributed by atoms with Gasteiger partial charge in [0, 0.05) is 47.4 Å². The van der Waals surface area contributed by atoms with Gasteiger partial charge in [-0.2, -0.15) is 23.5 Å². The van der Waals surface area contributed by atoms with E-state index in [0.29, 0.717) is 10.8 Å². The highest BCUT2D eigenvalue weighted by molar-refractivity contribution is 8.06. The molecular formula is C14H21N3OS2. The number of nitrogens with one attached hydrogen (secondary N) is 2. The van der Waals surface area contributed by atoms with Crippen molar-refractivity contribution in [3.8, 4) is 0 Å². The van der Waals surface area contributed by atoms with Crippen LogP contribution in [0, 0.1) is 0 Å². The minimum atomic E-state index is -0.00484. The Morgan fingerprint density at radius 1 is 1.45 bits per heavy atom. The van der Waals surface area contributed by atoms with Crippen LogP contribution in [-0.2, 0) is 6.42 Å². The fraction of sp³-hybridized carbons (Fsp3) is 0.571. The molecule has 110 valence electrons. The largest absolute Gasteiger partial charge is 0.373 e. The van der Waals surface area contributed by atoms with E-state index in [1.165, 1.54) is 11.5 Å². The van der Waals surface area contributed by atoms with Crippen LogP contribution in [0.4, 0.5) is 5.82 Å². The quantitative estimate of drug-likeness (QED) is 0.873. The summed E-state index contributed by atoms with van der Waals surface area (Å²) in [6.45, 7) is 2.79. The number of pyridine rings is 1.